The summed E-state index contributed by atoms with van der Waals surface area (Å²) in [4.78, 5) is 26.2. The van der Waals surface area contributed by atoms with Gasteiger partial charge in [-0.25, -0.2) is 4.79 Å². The second-order valence-electron chi connectivity index (χ2n) is 6.77. The van der Waals surface area contributed by atoms with Crippen LogP contribution in [0.3, 0.4) is 0 Å². The van der Waals surface area contributed by atoms with Crippen molar-refractivity contribution < 1.29 is 14.7 Å². The van der Waals surface area contributed by atoms with Crippen molar-refractivity contribution in [1.82, 2.24) is 9.47 Å². The van der Waals surface area contributed by atoms with Crippen LogP contribution in [0.2, 0.25) is 0 Å². The Bertz CT molecular complexity index is 1010. The number of aromatic nitrogens is 1. The number of carbonyl (C=O) groups excluding carboxylic acids is 1. The standard InChI is InChI=1S/C21H20N2O3/c1-22-11-5-8-16-17-12-15(21(25)26)9-10-18(17)23(19(16)20(22)24)13-14-6-3-2-4-7-14/h2-4,6-7,9-10,12H,5,8,11,13H2,1H3,(H,25,26). The molecule has 26 heavy (non-hydrogen) atoms. The van der Waals surface area contributed by atoms with E-state index in [1.807, 2.05) is 48.0 Å². The lowest BCUT2D eigenvalue weighted by Gasteiger charge is -2.17. The minimum Gasteiger partial charge on any atom is -0.478 e. The Hall–Kier alpha value is -3.08. The van der Waals surface area contributed by atoms with Crippen LogP contribution in [0.25, 0.3) is 10.9 Å². The second kappa shape index (κ2) is 6.33. The van der Waals surface area contributed by atoms with Crippen LogP contribution >= 0.6 is 0 Å². The lowest BCUT2D eigenvalue weighted by atomic mass is 10.0. The van der Waals surface area contributed by atoms with Crippen LogP contribution in [0.5, 0.6) is 0 Å². The van der Waals surface area contributed by atoms with Crippen molar-refractivity contribution in [3.8, 4) is 0 Å². The highest BCUT2D eigenvalue weighted by molar-refractivity contribution is 6.04. The first-order valence-electron chi connectivity index (χ1n) is 8.74. The zero-order valence-corrected chi connectivity index (χ0v) is 14.6. The Labute approximate surface area is 151 Å². The molecule has 0 unspecified atom stereocenters. The number of hydrogen-bond donors (Lipinski definition) is 1. The Kier molecular flexibility index (Phi) is 3.99. The highest BCUT2D eigenvalue weighted by atomic mass is 16.4. The first kappa shape index (κ1) is 16.4. The minimum atomic E-state index is -0.950. The fourth-order valence-electron chi connectivity index (χ4n) is 3.76. The maximum absolute atomic E-state index is 13.0. The van der Waals surface area contributed by atoms with Gasteiger partial charge >= 0.3 is 5.97 Å². The summed E-state index contributed by atoms with van der Waals surface area (Å²) in [5, 5.41) is 10.2. The molecule has 0 spiro atoms. The molecule has 1 aliphatic rings. The predicted octanol–water partition coefficient (Wildman–Crippen LogP) is 3.41. The number of carboxylic acid groups (broad SMARTS) is 1. The summed E-state index contributed by atoms with van der Waals surface area (Å²) in [5.41, 5.74) is 3.92. The van der Waals surface area contributed by atoms with Gasteiger partial charge in [0.15, 0.2) is 0 Å². The van der Waals surface area contributed by atoms with Gasteiger partial charge in [0.2, 0.25) is 0 Å². The van der Waals surface area contributed by atoms with Gasteiger partial charge in [-0.2, -0.15) is 0 Å². The molecule has 1 aliphatic heterocycles. The van der Waals surface area contributed by atoms with Crippen LogP contribution in [0.15, 0.2) is 48.5 Å². The average Bonchev–Trinajstić information content (AvgIpc) is 2.85. The quantitative estimate of drug-likeness (QED) is 0.789. The van der Waals surface area contributed by atoms with E-state index in [9.17, 15) is 14.7 Å². The van der Waals surface area contributed by atoms with Crippen molar-refractivity contribution in [3.63, 3.8) is 0 Å². The molecule has 5 heteroatoms. The van der Waals surface area contributed by atoms with E-state index in [1.54, 1.807) is 17.0 Å². The molecule has 1 aromatic heterocycles. The molecule has 0 saturated carbocycles. The molecule has 0 fully saturated rings. The van der Waals surface area contributed by atoms with Gasteiger partial charge < -0.3 is 14.6 Å². The van der Waals surface area contributed by atoms with Crippen LogP contribution in [0.4, 0.5) is 0 Å². The molecule has 0 bridgehead atoms. The first-order chi connectivity index (χ1) is 12.6. The zero-order valence-electron chi connectivity index (χ0n) is 14.6. The van der Waals surface area contributed by atoms with E-state index in [-0.39, 0.29) is 11.5 Å². The molecule has 2 aromatic carbocycles. The van der Waals surface area contributed by atoms with E-state index in [2.05, 4.69) is 0 Å². The van der Waals surface area contributed by atoms with E-state index in [4.69, 9.17) is 0 Å². The third-order valence-corrected chi connectivity index (χ3v) is 5.07. The summed E-state index contributed by atoms with van der Waals surface area (Å²) in [6, 6.07) is 15.1. The normalized spacial score (nSPS) is 14.3. The molecule has 4 rings (SSSR count). The van der Waals surface area contributed by atoms with E-state index < -0.39 is 5.97 Å². The van der Waals surface area contributed by atoms with Crippen molar-refractivity contribution in [3.05, 3.63) is 70.9 Å². The van der Waals surface area contributed by atoms with Gasteiger partial charge in [0.25, 0.3) is 5.91 Å². The van der Waals surface area contributed by atoms with Crippen molar-refractivity contribution in [1.29, 1.82) is 0 Å². The molecule has 0 aliphatic carbocycles. The first-order valence-corrected chi connectivity index (χ1v) is 8.74. The molecule has 0 saturated heterocycles. The van der Waals surface area contributed by atoms with Gasteiger partial charge in [-0.3, -0.25) is 4.79 Å². The molecule has 1 amide bonds. The number of rotatable bonds is 3. The number of aryl methyl sites for hydroxylation is 1. The number of nitrogens with zero attached hydrogens (tertiary/aromatic N) is 2. The molecule has 2 heterocycles. The molecule has 3 aromatic rings. The van der Waals surface area contributed by atoms with Gasteiger partial charge in [0.05, 0.1) is 5.56 Å². The summed E-state index contributed by atoms with van der Waals surface area (Å²) in [6.45, 7) is 1.29. The second-order valence-corrected chi connectivity index (χ2v) is 6.77. The van der Waals surface area contributed by atoms with Crippen LogP contribution in [0.1, 0.15) is 38.4 Å². The van der Waals surface area contributed by atoms with Crippen LogP contribution in [-0.2, 0) is 13.0 Å². The lowest BCUT2D eigenvalue weighted by molar-refractivity contribution is 0.0696. The third-order valence-electron chi connectivity index (χ3n) is 5.07. The highest BCUT2D eigenvalue weighted by Gasteiger charge is 2.28. The fraction of sp³-hybridized carbons (Fsp3) is 0.238. The molecule has 0 atom stereocenters. The summed E-state index contributed by atoms with van der Waals surface area (Å²) in [6.07, 6.45) is 1.64. The van der Waals surface area contributed by atoms with Gasteiger partial charge in [0.1, 0.15) is 5.69 Å². The number of fused-ring (bicyclic) bond motifs is 3. The monoisotopic (exact) mass is 348 g/mol. The van der Waals surface area contributed by atoms with Gasteiger partial charge in [0, 0.05) is 31.0 Å². The highest BCUT2D eigenvalue weighted by Crippen LogP contribution is 2.32. The van der Waals surface area contributed by atoms with E-state index in [0.29, 0.717) is 18.8 Å². The number of hydrogen-bond acceptors (Lipinski definition) is 2. The largest absolute Gasteiger partial charge is 0.478 e. The maximum Gasteiger partial charge on any atom is 0.335 e. The number of aromatic carboxylic acids is 1. The number of carboxylic acids is 1. The predicted molar refractivity (Wildman–Crippen MR) is 99.7 cm³/mol. The van der Waals surface area contributed by atoms with Crippen molar-refractivity contribution in [2.45, 2.75) is 19.4 Å². The average molecular weight is 348 g/mol. The summed E-state index contributed by atoms with van der Waals surface area (Å²) in [7, 11) is 1.82. The maximum atomic E-state index is 13.0. The number of amides is 1. The SMILES string of the molecule is CN1CCCc2c(n(Cc3ccccc3)c3ccc(C(=O)O)cc23)C1=O. The van der Waals surface area contributed by atoms with Crippen LogP contribution in [-0.4, -0.2) is 40.0 Å². The topological polar surface area (TPSA) is 62.5 Å². The lowest BCUT2D eigenvalue weighted by Crippen LogP contribution is -2.28. The summed E-state index contributed by atoms with van der Waals surface area (Å²) < 4.78 is 2.04. The molecular weight excluding hydrogens is 328 g/mol. The molecule has 5 nitrogen and oxygen atoms in total. The summed E-state index contributed by atoms with van der Waals surface area (Å²) in [5.74, 6) is -0.949. The number of carbonyl (C=O) groups is 2. The van der Waals surface area contributed by atoms with Gasteiger partial charge in [-0.1, -0.05) is 30.3 Å². The van der Waals surface area contributed by atoms with Crippen molar-refractivity contribution >= 4 is 22.8 Å². The van der Waals surface area contributed by atoms with Gasteiger partial charge in [-0.05, 0) is 42.2 Å². The molecular formula is C21H20N2O3. The van der Waals surface area contributed by atoms with Crippen molar-refractivity contribution in [2.24, 2.45) is 0 Å². The molecule has 1 N–H and O–H groups in total. The Morgan fingerprint density at radius 2 is 1.92 bits per heavy atom. The van der Waals surface area contributed by atoms with Crippen molar-refractivity contribution in [2.75, 3.05) is 13.6 Å². The van der Waals surface area contributed by atoms with E-state index in [1.165, 1.54) is 0 Å². The minimum absolute atomic E-state index is 0.00139. The summed E-state index contributed by atoms with van der Waals surface area (Å²) >= 11 is 0. The van der Waals surface area contributed by atoms with Crippen LogP contribution < -0.4 is 0 Å². The Balaban J connectivity index is 1.98. The smallest absolute Gasteiger partial charge is 0.335 e. The third kappa shape index (κ3) is 2.65. The molecule has 132 valence electrons. The molecule has 0 radical (unpaired) electrons. The van der Waals surface area contributed by atoms with Gasteiger partial charge in [-0.15, -0.1) is 0 Å². The fourth-order valence-corrected chi connectivity index (χ4v) is 3.76. The zero-order chi connectivity index (χ0) is 18.3. The van der Waals surface area contributed by atoms with E-state index in [0.717, 1.165) is 34.9 Å². The van der Waals surface area contributed by atoms with Crippen LogP contribution in [0, 0.1) is 0 Å². The Morgan fingerprint density at radius 1 is 1.15 bits per heavy atom. The van der Waals surface area contributed by atoms with E-state index >= 15 is 0 Å². The number of benzene rings is 2. The Morgan fingerprint density at radius 3 is 2.65 bits per heavy atom.